The molecule has 0 unspecified atom stereocenters. The molecule has 1 heterocycles. The number of carbonyl (C=O) groups excluding carboxylic acids is 1. The zero-order valence-electron chi connectivity index (χ0n) is 12.8. The van der Waals surface area contributed by atoms with Crippen LogP contribution in [0.5, 0.6) is 0 Å². The Morgan fingerprint density at radius 1 is 1.09 bits per heavy atom. The molecule has 1 atom stereocenters. The van der Waals surface area contributed by atoms with Crippen molar-refractivity contribution in [3.8, 4) is 0 Å². The third-order valence-electron chi connectivity index (χ3n) is 3.91. The molecule has 2 aromatic carbocycles. The van der Waals surface area contributed by atoms with Crippen molar-refractivity contribution < 1.29 is 13.2 Å². The van der Waals surface area contributed by atoms with Gasteiger partial charge in [-0.1, -0.05) is 36.4 Å². The van der Waals surface area contributed by atoms with E-state index in [2.05, 4.69) is 4.72 Å². The van der Waals surface area contributed by atoms with Crippen LogP contribution in [-0.4, -0.2) is 26.9 Å². The number of fused-ring (bicyclic) bond motifs is 1. The van der Waals surface area contributed by atoms with Crippen molar-refractivity contribution in [2.75, 3.05) is 11.4 Å². The maximum absolute atomic E-state index is 12.6. The molecule has 0 aromatic heterocycles. The lowest BCUT2D eigenvalue weighted by molar-refractivity contribution is -0.119. The lowest BCUT2D eigenvalue weighted by atomic mass is 10.2. The first-order chi connectivity index (χ1) is 11.0. The van der Waals surface area contributed by atoms with E-state index in [1.807, 2.05) is 24.3 Å². The molecule has 1 N–H and O–H groups in total. The molecule has 23 heavy (non-hydrogen) atoms. The second-order valence-electron chi connectivity index (χ2n) is 5.52. The Labute approximate surface area is 136 Å². The Hall–Kier alpha value is -2.18. The molecule has 0 saturated carbocycles. The summed E-state index contributed by atoms with van der Waals surface area (Å²) in [4.78, 5) is 14.4. The summed E-state index contributed by atoms with van der Waals surface area (Å²) in [6.07, 6.45) is 0.792. The Morgan fingerprint density at radius 3 is 2.48 bits per heavy atom. The molecule has 120 valence electrons. The van der Waals surface area contributed by atoms with E-state index in [4.69, 9.17) is 0 Å². The smallest absolute Gasteiger partial charge is 0.244 e. The third kappa shape index (κ3) is 3.13. The summed E-state index contributed by atoms with van der Waals surface area (Å²) >= 11 is 0. The number of amides is 1. The standard InChI is InChI=1S/C17H18N2O3S/c1-13(18-23(21,22)15-8-3-2-4-9-15)17(20)19-12-11-14-7-5-6-10-16(14)19/h2-10,13,18H,11-12H2,1H3/t13-/m1/s1. The quantitative estimate of drug-likeness (QED) is 0.932. The Bertz CT molecular complexity index is 819. The second-order valence-corrected chi connectivity index (χ2v) is 7.24. The van der Waals surface area contributed by atoms with Crippen LogP contribution in [0.15, 0.2) is 59.5 Å². The van der Waals surface area contributed by atoms with Crippen molar-refractivity contribution in [1.29, 1.82) is 0 Å². The number of hydrogen-bond donors (Lipinski definition) is 1. The van der Waals surface area contributed by atoms with Gasteiger partial charge in [-0.15, -0.1) is 0 Å². The van der Waals surface area contributed by atoms with Gasteiger partial charge in [0, 0.05) is 12.2 Å². The van der Waals surface area contributed by atoms with Gasteiger partial charge in [0.2, 0.25) is 15.9 Å². The van der Waals surface area contributed by atoms with E-state index >= 15 is 0 Å². The molecule has 3 rings (SSSR count). The average Bonchev–Trinajstić information content (AvgIpc) is 2.98. The van der Waals surface area contributed by atoms with Crippen LogP contribution in [0.2, 0.25) is 0 Å². The number of para-hydroxylation sites is 1. The number of nitrogens with zero attached hydrogens (tertiary/aromatic N) is 1. The first-order valence-electron chi connectivity index (χ1n) is 7.46. The molecule has 1 aliphatic heterocycles. The van der Waals surface area contributed by atoms with Gasteiger partial charge in [0.05, 0.1) is 10.9 Å². The summed E-state index contributed by atoms with van der Waals surface area (Å²) < 4.78 is 27.1. The van der Waals surface area contributed by atoms with Crippen LogP contribution < -0.4 is 9.62 Å². The fourth-order valence-electron chi connectivity index (χ4n) is 2.75. The zero-order chi connectivity index (χ0) is 16.4. The third-order valence-corrected chi connectivity index (χ3v) is 5.47. The molecule has 0 aliphatic carbocycles. The van der Waals surface area contributed by atoms with Crippen molar-refractivity contribution in [3.63, 3.8) is 0 Å². The highest BCUT2D eigenvalue weighted by Crippen LogP contribution is 2.28. The van der Waals surface area contributed by atoms with Crippen molar-refractivity contribution in [2.45, 2.75) is 24.3 Å². The van der Waals surface area contributed by atoms with Gasteiger partial charge in [-0.25, -0.2) is 8.42 Å². The van der Waals surface area contributed by atoms with Crippen LogP contribution in [0.25, 0.3) is 0 Å². The Balaban J connectivity index is 1.77. The predicted molar refractivity (Wildman–Crippen MR) is 88.7 cm³/mol. The molecule has 0 bridgehead atoms. The SMILES string of the molecule is C[C@@H](NS(=O)(=O)c1ccccc1)C(=O)N1CCc2ccccc21. The van der Waals surface area contributed by atoms with Crippen molar-refractivity contribution in [1.82, 2.24) is 4.72 Å². The highest BCUT2D eigenvalue weighted by atomic mass is 32.2. The molecule has 0 saturated heterocycles. The van der Waals surface area contributed by atoms with Gasteiger partial charge in [0.1, 0.15) is 0 Å². The number of rotatable bonds is 4. The molecule has 0 spiro atoms. The minimum absolute atomic E-state index is 0.154. The summed E-state index contributed by atoms with van der Waals surface area (Å²) in [5, 5.41) is 0. The molecular formula is C17H18N2O3S. The van der Waals surface area contributed by atoms with E-state index in [0.717, 1.165) is 17.7 Å². The number of carbonyl (C=O) groups is 1. The maximum atomic E-state index is 12.6. The van der Waals surface area contributed by atoms with E-state index in [9.17, 15) is 13.2 Å². The molecule has 0 radical (unpaired) electrons. The van der Waals surface area contributed by atoms with Crippen molar-refractivity contribution >= 4 is 21.6 Å². The fraction of sp³-hybridized carbons (Fsp3) is 0.235. The Morgan fingerprint density at radius 2 is 1.74 bits per heavy atom. The van der Waals surface area contributed by atoms with E-state index in [0.29, 0.717) is 6.54 Å². The number of anilines is 1. The largest absolute Gasteiger partial charge is 0.310 e. The molecule has 6 heteroatoms. The molecule has 2 aromatic rings. The molecule has 0 fully saturated rings. The van der Waals surface area contributed by atoms with Crippen molar-refractivity contribution in [3.05, 3.63) is 60.2 Å². The van der Waals surface area contributed by atoms with E-state index < -0.39 is 16.1 Å². The van der Waals surface area contributed by atoms with Gasteiger partial charge in [0.25, 0.3) is 0 Å². The van der Waals surface area contributed by atoms with Gasteiger partial charge >= 0.3 is 0 Å². The highest BCUT2D eigenvalue weighted by Gasteiger charge is 2.30. The molecule has 5 nitrogen and oxygen atoms in total. The molecule has 1 amide bonds. The highest BCUT2D eigenvalue weighted by molar-refractivity contribution is 7.89. The normalized spacial score (nSPS) is 15.3. The summed E-state index contributed by atoms with van der Waals surface area (Å²) in [7, 11) is -3.71. The lowest BCUT2D eigenvalue weighted by Crippen LogP contribution is -2.46. The maximum Gasteiger partial charge on any atom is 0.244 e. The fourth-order valence-corrected chi connectivity index (χ4v) is 3.97. The number of hydrogen-bond acceptors (Lipinski definition) is 3. The number of nitrogens with one attached hydrogen (secondary N) is 1. The first kappa shape index (κ1) is 15.7. The second kappa shape index (κ2) is 6.14. The van der Waals surface area contributed by atoms with Crippen LogP contribution >= 0.6 is 0 Å². The zero-order valence-corrected chi connectivity index (χ0v) is 13.6. The number of benzene rings is 2. The summed E-state index contributed by atoms with van der Waals surface area (Å²) in [6.45, 7) is 2.15. The Kier molecular flexibility index (Phi) is 4.19. The van der Waals surface area contributed by atoms with Crippen LogP contribution in [0, 0.1) is 0 Å². The summed E-state index contributed by atoms with van der Waals surface area (Å²) in [5.74, 6) is -0.241. The minimum atomic E-state index is -3.71. The average molecular weight is 330 g/mol. The van der Waals surface area contributed by atoms with Crippen LogP contribution in [0.4, 0.5) is 5.69 Å². The van der Waals surface area contributed by atoms with Gasteiger partial charge in [-0.05, 0) is 37.1 Å². The van der Waals surface area contributed by atoms with Crippen molar-refractivity contribution in [2.24, 2.45) is 0 Å². The van der Waals surface area contributed by atoms with Crippen LogP contribution in [-0.2, 0) is 21.2 Å². The van der Waals surface area contributed by atoms with Crippen LogP contribution in [0.1, 0.15) is 12.5 Å². The monoisotopic (exact) mass is 330 g/mol. The van der Waals surface area contributed by atoms with Gasteiger partial charge in [-0.2, -0.15) is 4.72 Å². The van der Waals surface area contributed by atoms with Gasteiger partial charge < -0.3 is 4.90 Å². The van der Waals surface area contributed by atoms with Gasteiger partial charge in [-0.3, -0.25) is 4.79 Å². The van der Waals surface area contributed by atoms with E-state index in [1.165, 1.54) is 12.1 Å². The number of sulfonamides is 1. The van der Waals surface area contributed by atoms with Crippen LogP contribution in [0.3, 0.4) is 0 Å². The molecule has 1 aliphatic rings. The summed E-state index contributed by atoms with van der Waals surface area (Å²) in [6, 6.07) is 14.9. The van der Waals surface area contributed by atoms with E-state index in [-0.39, 0.29) is 10.8 Å². The van der Waals surface area contributed by atoms with E-state index in [1.54, 1.807) is 30.0 Å². The first-order valence-corrected chi connectivity index (χ1v) is 8.94. The molecular weight excluding hydrogens is 312 g/mol. The van der Waals surface area contributed by atoms with Gasteiger partial charge in [0.15, 0.2) is 0 Å². The topological polar surface area (TPSA) is 66.5 Å². The lowest BCUT2D eigenvalue weighted by Gasteiger charge is -2.22. The predicted octanol–water partition coefficient (Wildman–Crippen LogP) is 1.94. The minimum Gasteiger partial charge on any atom is -0.310 e. The summed E-state index contributed by atoms with van der Waals surface area (Å²) in [5.41, 5.74) is 1.97.